The number of nitrogen functional groups attached to an aromatic ring is 1. The first kappa shape index (κ1) is 19.8. The minimum atomic E-state index is -3.60. The molecule has 1 aromatic carbocycles. The van der Waals surface area contributed by atoms with Gasteiger partial charge in [0.15, 0.2) is 14.9 Å². The summed E-state index contributed by atoms with van der Waals surface area (Å²) in [6.45, 7) is 0. The molecule has 3 heterocycles. The van der Waals surface area contributed by atoms with Crippen LogP contribution in [0.4, 0.5) is 10.2 Å². The fourth-order valence-corrected chi connectivity index (χ4v) is 6.63. The van der Waals surface area contributed by atoms with Crippen LogP contribution in [-0.2, 0) is 9.84 Å². The van der Waals surface area contributed by atoms with Crippen LogP contribution in [0.5, 0.6) is 0 Å². The van der Waals surface area contributed by atoms with Crippen molar-refractivity contribution in [1.29, 1.82) is 0 Å². The second kappa shape index (κ2) is 8.08. The first-order valence-electron chi connectivity index (χ1n) is 9.11. The summed E-state index contributed by atoms with van der Waals surface area (Å²) in [6.07, 6.45) is 5.42. The number of benzene rings is 1. The summed E-state index contributed by atoms with van der Waals surface area (Å²) in [5.41, 5.74) is 6.99. The maximum atomic E-state index is 14.8. The number of halogens is 1. The molecule has 0 amide bonds. The van der Waals surface area contributed by atoms with Gasteiger partial charge in [-0.2, -0.15) is 11.8 Å². The van der Waals surface area contributed by atoms with Gasteiger partial charge in [0.25, 0.3) is 0 Å². The Kier molecular flexibility index (Phi) is 5.51. The summed E-state index contributed by atoms with van der Waals surface area (Å²) >= 11 is 1.76. The van der Waals surface area contributed by atoms with Gasteiger partial charge < -0.3 is 5.73 Å². The topological polar surface area (TPSA) is 98.8 Å². The highest BCUT2D eigenvalue weighted by Gasteiger charge is 2.32. The summed E-state index contributed by atoms with van der Waals surface area (Å²) < 4.78 is 41.2. The van der Waals surface area contributed by atoms with Crippen LogP contribution < -0.4 is 5.73 Å². The van der Waals surface area contributed by atoms with Gasteiger partial charge in [0.1, 0.15) is 11.6 Å². The molecular weight excluding hydrogens is 411 g/mol. The average Bonchev–Trinajstić information content (AvgIpc) is 2.75. The Balaban J connectivity index is 1.74. The van der Waals surface area contributed by atoms with E-state index in [-0.39, 0.29) is 16.4 Å². The summed E-state index contributed by atoms with van der Waals surface area (Å²) in [6, 6.07) is 7.85. The minimum absolute atomic E-state index is 0.0105. The molecule has 150 valence electrons. The van der Waals surface area contributed by atoms with Gasteiger partial charge in [-0.05, 0) is 54.2 Å². The van der Waals surface area contributed by atoms with E-state index in [1.54, 1.807) is 36.0 Å². The van der Waals surface area contributed by atoms with Gasteiger partial charge in [-0.15, -0.1) is 0 Å². The molecule has 1 aliphatic heterocycles. The number of aromatic nitrogens is 3. The fourth-order valence-electron chi connectivity index (χ4n) is 3.35. The summed E-state index contributed by atoms with van der Waals surface area (Å²) in [5.74, 6) is 1.36. The number of pyridine rings is 1. The van der Waals surface area contributed by atoms with Crippen molar-refractivity contribution in [3.8, 4) is 22.4 Å². The van der Waals surface area contributed by atoms with Gasteiger partial charge in [0, 0.05) is 17.3 Å². The number of rotatable bonds is 4. The average molecular weight is 431 g/mol. The Morgan fingerprint density at radius 1 is 1.03 bits per heavy atom. The van der Waals surface area contributed by atoms with Crippen molar-refractivity contribution in [3.63, 3.8) is 0 Å². The Labute approximate surface area is 172 Å². The molecular formula is C20H19FN4O2S2. The lowest BCUT2D eigenvalue weighted by atomic mass is 10.0. The molecule has 0 atom stereocenters. The Morgan fingerprint density at radius 3 is 2.52 bits per heavy atom. The van der Waals surface area contributed by atoms with Crippen LogP contribution in [-0.4, -0.2) is 40.1 Å². The van der Waals surface area contributed by atoms with E-state index >= 15 is 0 Å². The Morgan fingerprint density at radius 2 is 1.83 bits per heavy atom. The van der Waals surface area contributed by atoms with Crippen LogP contribution >= 0.6 is 11.8 Å². The molecule has 1 saturated heterocycles. The van der Waals surface area contributed by atoms with Crippen LogP contribution in [0, 0.1) is 5.82 Å². The lowest BCUT2D eigenvalue weighted by Crippen LogP contribution is -2.27. The zero-order valence-electron chi connectivity index (χ0n) is 15.5. The molecule has 29 heavy (non-hydrogen) atoms. The first-order valence-corrected chi connectivity index (χ1v) is 11.8. The van der Waals surface area contributed by atoms with Gasteiger partial charge in [-0.1, -0.05) is 6.07 Å². The number of hydrogen-bond donors (Lipinski definition) is 1. The molecule has 9 heteroatoms. The zero-order chi connectivity index (χ0) is 20.4. The highest BCUT2D eigenvalue weighted by Crippen LogP contribution is 2.34. The van der Waals surface area contributed by atoms with Gasteiger partial charge in [-0.3, -0.25) is 4.98 Å². The molecule has 0 bridgehead atoms. The normalized spacial score (nSPS) is 15.3. The standard InChI is InChI=1S/C20H19FN4O2S2/c21-17-10-13(3-4-16(17)18-11-25-19(22)12-24-18)15-2-1-7-23-20(15)29(26,27)14-5-8-28-9-6-14/h1-4,7,10-12,14H,5-6,8-9H2,(H2,22,25). The predicted molar refractivity (Wildman–Crippen MR) is 113 cm³/mol. The lowest BCUT2D eigenvalue weighted by Gasteiger charge is -2.22. The zero-order valence-corrected chi connectivity index (χ0v) is 17.1. The predicted octanol–water partition coefficient (Wildman–Crippen LogP) is 3.60. The second-order valence-electron chi connectivity index (χ2n) is 6.73. The lowest BCUT2D eigenvalue weighted by molar-refractivity contribution is 0.567. The summed E-state index contributed by atoms with van der Waals surface area (Å²) in [7, 11) is -3.60. The molecule has 3 aromatic rings. The number of nitrogens with zero attached hydrogens (tertiary/aromatic N) is 3. The van der Waals surface area contributed by atoms with Gasteiger partial charge in [0.2, 0.25) is 0 Å². The highest BCUT2D eigenvalue weighted by molar-refractivity contribution is 7.99. The van der Waals surface area contributed by atoms with Gasteiger partial charge in [-0.25, -0.2) is 22.8 Å². The van der Waals surface area contributed by atoms with E-state index in [1.165, 1.54) is 24.7 Å². The summed E-state index contributed by atoms with van der Waals surface area (Å²) in [5, 5.41) is -0.442. The third kappa shape index (κ3) is 3.97. The van der Waals surface area contributed by atoms with E-state index in [9.17, 15) is 12.8 Å². The number of thioether (sulfide) groups is 1. The van der Waals surface area contributed by atoms with Gasteiger partial charge >= 0.3 is 0 Å². The van der Waals surface area contributed by atoms with Crippen LogP contribution in [0.1, 0.15) is 12.8 Å². The molecule has 0 radical (unpaired) electrons. The molecule has 0 unspecified atom stereocenters. The molecule has 0 spiro atoms. The van der Waals surface area contributed by atoms with E-state index in [0.29, 0.717) is 29.7 Å². The first-order chi connectivity index (χ1) is 14.0. The molecule has 2 N–H and O–H groups in total. The van der Waals surface area contributed by atoms with Crippen molar-refractivity contribution in [1.82, 2.24) is 15.0 Å². The number of anilines is 1. The van der Waals surface area contributed by atoms with E-state index < -0.39 is 20.9 Å². The number of nitrogens with two attached hydrogens (primary N) is 1. The number of hydrogen-bond acceptors (Lipinski definition) is 7. The molecule has 1 fully saturated rings. The molecule has 1 aliphatic rings. The molecule has 4 rings (SSSR count). The second-order valence-corrected chi connectivity index (χ2v) is 10.1. The van der Waals surface area contributed by atoms with E-state index in [1.807, 2.05) is 0 Å². The quantitative estimate of drug-likeness (QED) is 0.675. The maximum Gasteiger partial charge on any atom is 0.199 e. The van der Waals surface area contributed by atoms with E-state index in [0.717, 1.165) is 11.5 Å². The van der Waals surface area contributed by atoms with Crippen LogP contribution in [0.15, 0.2) is 53.9 Å². The minimum Gasteiger partial charge on any atom is -0.382 e. The Bertz CT molecular complexity index is 1130. The molecule has 2 aromatic heterocycles. The van der Waals surface area contributed by atoms with E-state index in [4.69, 9.17) is 5.73 Å². The van der Waals surface area contributed by atoms with Crippen molar-refractivity contribution in [2.75, 3.05) is 17.2 Å². The SMILES string of the molecule is Nc1cnc(-c2ccc(-c3cccnc3S(=O)(=O)C3CCSCC3)cc2F)cn1. The van der Waals surface area contributed by atoms with Crippen LogP contribution in [0.25, 0.3) is 22.4 Å². The monoisotopic (exact) mass is 430 g/mol. The smallest absolute Gasteiger partial charge is 0.199 e. The van der Waals surface area contributed by atoms with Crippen LogP contribution in [0.2, 0.25) is 0 Å². The third-order valence-corrected chi connectivity index (χ3v) is 8.14. The summed E-state index contributed by atoms with van der Waals surface area (Å²) in [4.78, 5) is 12.2. The van der Waals surface area contributed by atoms with Crippen molar-refractivity contribution < 1.29 is 12.8 Å². The fraction of sp³-hybridized carbons (Fsp3) is 0.250. The molecule has 6 nitrogen and oxygen atoms in total. The van der Waals surface area contributed by atoms with Crippen molar-refractivity contribution in [2.24, 2.45) is 0 Å². The largest absolute Gasteiger partial charge is 0.382 e. The van der Waals surface area contributed by atoms with Crippen molar-refractivity contribution in [2.45, 2.75) is 23.1 Å². The van der Waals surface area contributed by atoms with E-state index in [2.05, 4.69) is 15.0 Å². The maximum absolute atomic E-state index is 14.8. The van der Waals surface area contributed by atoms with Crippen LogP contribution in [0.3, 0.4) is 0 Å². The number of sulfone groups is 1. The van der Waals surface area contributed by atoms with Crippen molar-refractivity contribution >= 4 is 27.4 Å². The molecule has 0 aliphatic carbocycles. The van der Waals surface area contributed by atoms with Gasteiger partial charge in [0.05, 0.1) is 23.3 Å². The molecule has 0 saturated carbocycles. The Hall–Kier alpha value is -2.52. The highest BCUT2D eigenvalue weighted by atomic mass is 32.2. The third-order valence-electron chi connectivity index (χ3n) is 4.88. The van der Waals surface area contributed by atoms with Crippen molar-refractivity contribution in [3.05, 3.63) is 54.7 Å².